The van der Waals surface area contributed by atoms with Crippen molar-refractivity contribution in [2.45, 2.75) is 0 Å². The van der Waals surface area contributed by atoms with Crippen LogP contribution in [0.25, 0.3) is 0 Å². The van der Waals surface area contributed by atoms with Crippen molar-refractivity contribution in [3.8, 4) is 0 Å². The SMILES string of the molecule is CO[S-](=S)=S=S. The molecule has 5 heteroatoms. The molecule has 0 amide bonds. The molecular formula is CH3OS4-. The first-order chi connectivity index (χ1) is 2.81. The van der Waals surface area contributed by atoms with Crippen molar-refractivity contribution in [1.82, 2.24) is 0 Å². The van der Waals surface area contributed by atoms with Gasteiger partial charge in [-0.15, -0.1) is 0 Å². The zero-order chi connectivity index (χ0) is 4.99. The van der Waals surface area contributed by atoms with Gasteiger partial charge in [0.2, 0.25) is 0 Å². The van der Waals surface area contributed by atoms with E-state index in [1.54, 1.807) is 7.11 Å². The van der Waals surface area contributed by atoms with Crippen LogP contribution in [0.1, 0.15) is 0 Å². The maximum Gasteiger partial charge on any atom is 0.0117 e. The van der Waals surface area contributed by atoms with Crippen molar-refractivity contribution in [3.05, 3.63) is 0 Å². The van der Waals surface area contributed by atoms with Crippen molar-refractivity contribution >= 4 is 39.6 Å². The quantitative estimate of drug-likeness (QED) is 0.502. The van der Waals surface area contributed by atoms with Gasteiger partial charge in [0.25, 0.3) is 0 Å². The van der Waals surface area contributed by atoms with Gasteiger partial charge in [0.05, 0.1) is 0 Å². The lowest BCUT2D eigenvalue weighted by molar-refractivity contribution is 0.494. The highest BCUT2D eigenvalue weighted by molar-refractivity contribution is 8.56. The molecule has 0 heterocycles. The van der Waals surface area contributed by atoms with Gasteiger partial charge < -0.3 is 4.18 Å². The normalized spacial score (nSPS) is 9.00. The molecule has 0 aromatic heterocycles. The van der Waals surface area contributed by atoms with E-state index < -0.39 is 8.29 Å². The Morgan fingerprint density at radius 1 is 1.83 bits per heavy atom. The number of hydrogen-bond acceptors (Lipinski definition) is 4. The minimum atomic E-state index is -0.469. The smallest absolute Gasteiger partial charge is 0.0117 e. The molecule has 38 valence electrons. The fourth-order valence-corrected chi connectivity index (χ4v) is 0.750. The maximum atomic E-state index is 4.60. The summed E-state index contributed by atoms with van der Waals surface area (Å²) in [6.45, 7) is 0. The van der Waals surface area contributed by atoms with Crippen LogP contribution in [0.5, 0.6) is 0 Å². The molecule has 0 rings (SSSR count). The van der Waals surface area contributed by atoms with Crippen LogP contribution in [0.3, 0.4) is 0 Å². The van der Waals surface area contributed by atoms with Crippen LogP contribution >= 0.6 is 0 Å². The average Bonchev–Trinajstić information content (AvgIpc) is 1.65. The van der Waals surface area contributed by atoms with Gasteiger partial charge in [0.1, 0.15) is 0 Å². The van der Waals surface area contributed by atoms with Gasteiger partial charge in [0, 0.05) is 7.11 Å². The lowest BCUT2D eigenvalue weighted by Gasteiger charge is -1.92. The first-order valence-corrected chi connectivity index (χ1v) is 5.41. The fourth-order valence-electron chi connectivity index (χ4n) is 0.0278. The van der Waals surface area contributed by atoms with E-state index in [-0.39, 0.29) is 0 Å². The topological polar surface area (TPSA) is 9.23 Å². The molecule has 0 aromatic rings. The van der Waals surface area contributed by atoms with Gasteiger partial charge >= 0.3 is 0 Å². The van der Waals surface area contributed by atoms with Gasteiger partial charge in [-0.25, -0.2) is 19.5 Å². The van der Waals surface area contributed by atoms with Crippen molar-refractivity contribution < 1.29 is 4.18 Å². The third kappa shape index (κ3) is 3.17. The second-order valence-electron chi connectivity index (χ2n) is 0.439. The van der Waals surface area contributed by atoms with Crippen molar-refractivity contribution in [3.63, 3.8) is 0 Å². The molecule has 0 N–H and O–H groups in total. The third-order valence-corrected chi connectivity index (χ3v) is 4.22. The molecule has 0 aliphatic carbocycles. The summed E-state index contributed by atoms with van der Waals surface area (Å²) in [7, 11) is 2.21. The van der Waals surface area contributed by atoms with E-state index in [4.69, 9.17) is 0 Å². The summed E-state index contributed by atoms with van der Waals surface area (Å²) >= 11 is 9.08. The van der Waals surface area contributed by atoms with E-state index in [1.807, 2.05) is 0 Å². The summed E-state index contributed by atoms with van der Waals surface area (Å²) in [5, 5.41) is 0. The van der Waals surface area contributed by atoms with E-state index in [0.717, 1.165) is 8.88 Å². The minimum Gasteiger partial charge on any atom is -0.469 e. The fraction of sp³-hybridized carbons (Fsp3) is 1.00. The molecule has 0 aromatic carbocycles. The summed E-state index contributed by atoms with van der Waals surface area (Å²) in [5.41, 5.74) is 0. The van der Waals surface area contributed by atoms with Gasteiger partial charge in [-0.3, -0.25) is 0 Å². The molecule has 0 atom stereocenters. The summed E-state index contributed by atoms with van der Waals surface area (Å²) in [6.07, 6.45) is 0. The Hall–Kier alpha value is 0.970. The predicted molar refractivity (Wildman–Crippen MR) is 36.5 cm³/mol. The largest absolute Gasteiger partial charge is 0.469 e. The molecule has 0 spiro atoms. The minimum absolute atomic E-state index is 0.469. The lowest BCUT2D eigenvalue weighted by atomic mass is 11.8. The van der Waals surface area contributed by atoms with Crippen LogP contribution in [0.15, 0.2) is 0 Å². The first kappa shape index (κ1) is 6.97. The molecule has 1 nitrogen and oxygen atoms in total. The van der Waals surface area contributed by atoms with Crippen LogP contribution in [-0.2, 0) is 43.7 Å². The van der Waals surface area contributed by atoms with Gasteiger partial charge in [-0.2, -0.15) is 8.88 Å². The Kier molecular flexibility index (Phi) is 4.81. The molecule has 0 radical (unpaired) electrons. The van der Waals surface area contributed by atoms with Crippen LogP contribution < -0.4 is 0 Å². The van der Waals surface area contributed by atoms with Crippen LogP contribution in [0.4, 0.5) is 0 Å². The highest BCUT2D eigenvalue weighted by Gasteiger charge is 1.38. The van der Waals surface area contributed by atoms with E-state index in [9.17, 15) is 0 Å². The number of hydrogen-bond donors (Lipinski definition) is 0. The van der Waals surface area contributed by atoms with Gasteiger partial charge in [-0.1, -0.05) is 0 Å². The van der Waals surface area contributed by atoms with E-state index in [0.29, 0.717) is 0 Å². The second kappa shape index (κ2) is 4.14. The van der Waals surface area contributed by atoms with Crippen LogP contribution in [0.2, 0.25) is 0 Å². The molecule has 0 fully saturated rings. The van der Waals surface area contributed by atoms with Crippen molar-refractivity contribution in [2.75, 3.05) is 7.11 Å². The molecule has 0 saturated heterocycles. The van der Waals surface area contributed by atoms with E-state index in [1.165, 1.54) is 0 Å². The second-order valence-corrected chi connectivity index (χ2v) is 5.40. The monoisotopic (exact) mass is 159 g/mol. The summed E-state index contributed by atoms with van der Waals surface area (Å²) in [4.78, 5) is 0. The highest BCUT2D eigenvalue weighted by Crippen LogP contribution is 1.60. The molecule has 0 aliphatic rings. The predicted octanol–water partition coefficient (Wildman–Crippen LogP) is 0.0875. The Morgan fingerprint density at radius 2 is 2.33 bits per heavy atom. The Labute approximate surface area is 50.9 Å². The zero-order valence-corrected chi connectivity index (χ0v) is 6.31. The van der Waals surface area contributed by atoms with E-state index >= 15 is 0 Å². The summed E-state index contributed by atoms with van der Waals surface area (Å²) in [6, 6.07) is 0. The Bertz CT molecular complexity index is 116. The standard InChI is InChI=1S/CH3OS4/c1-2-6(4)5-3/h1H3/q-1. The summed E-state index contributed by atoms with van der Waals surface area (Å²) < 4.78 is 4.60. The molecule has 0 bridgehead atoms. The molecular weight excluding hydrogens is 156 g/mol. The van der Waals surface area contributed by atoms with E-state index in [2.05, 4.69) is 26.6 Å². The van der Waals surface area contributed by atoms with Crippen LogP contribution in [-0.4, -0.2) is 7.11 Å². The highest BCUT2D eigenvalue weighted by atomic mass is 33.2. The average molecular weight is 159 g/mol. The third-order valence-electron chi connectivity index (χ3n) is 0.192. The molecule has 0 saturated carbocycles. The van der Waals surface area contributed by atoms with Crippen molar-refractivity contribution in [1.29, 1.82) is 0 Å². The first-order valence-electron chi connectivity index (χ1n) is 1.07. The molecule has 6 heavy (non-hydrogen) atoms. The van der Waals surface area contributed by atoms with Crippen LogP contribution in [0, 0.1) is 0 Å². The number of rotatable bonds is 1. The Balaban J connectivity index is 3.89. The molecule has 0 unspecified atom stereocenters. The van der Waals surface area contributed by atoms with Gasteiger partial charge in [-0.05, 0) is 11.2 Å². The lowest BCUT2D eigenvalue weighted by Crippen LogP contribution is -1.70. The summed E-state index contributed by atoms with van der Waals surface area (Å²) in [5.74, 6) is 0. The van der Waals surface area contributed by atoms with Crippen molar-refractivity contribution in [2.24, 2.45) is 0 Å². The molecule has 0 aliphatic heterocycles. The Morgan fingerprint density at radius 3 is 2.33 bits per heavy atom. The van der Waals surface area contributed by atoms with Gasteiger partial charge in [0.15, 0.2) is 0 Å². The zero-order valence-electron chi connectivity index (χ0n) is 3.04. The maximum absolute atomic E-state index is 4.60.